The molecule has 1 rings (SSSR count). The average Bonchev–Trinajstić information content (AvgIpc) is 2.28. The van der Waals surface area contributed by atoms with Crippen molar-refractivity contribution in [2.75, 3.05) is 0 Å². The summed E-state index contributed by atoms with van der Waals surface area (Å²) < 4.78 is 14.9. The molecule has 0 N–H and O–H groups in total. The van der Waals surface area contributed by atoms with Crippen LogP contribution in [-0.4, -0.2) is 15.0 Å². The quantitative estimate of drug-likeness (QED) is 0.672. The van der Waals surface area contributed by atoms with E-state index < -0.39 is 5.95 Å². The minimum absolute atomic E-state index is 0.145. The van der Waals surface area contributed by atoms with Gasteiger partial charge in [0, 0.05) is 11.5 Å². The lowest BCUT2D eigenvalue weighted by atomic mass is 9.92. The molecule has 0 atom stereocenters. The predicted molar refractivity (Wildman–Crippen MR) is 49.1 cm³/mol. The summed E-state index contributed by atoms with van der Waals surface area (Å²) in [6.07, 6.45) is 0. The number of hydrogen-bond acceptors (Lipinski definition) is 2. The van der Waals surface area contributed by atoms with Crippen LogP contribution >= 0.6 is 0 Å². The lowest BCUT2D eigenvalue weighted by Gasteiger charge is -2.20. The van der Waals surface area contributed by atoms with Gasteiger partial charge in [0.05, 0.1) is 0 Å². The Morgan fingerprint density at radius 1 is 1.31 bits per heavy atom. The van der Waals surface area contributed by atoms with Crippen LogP contribution in [0.15, 0.2) is 0 Å². The van der Waals surface area contributed by atoms with Crippen molar-refractivity contribution < 1.29 is 4.39 Å². The second kappa shape index (κ2) is 3.09. The van der Waals surface area contributed by atoms with Crippen molar-refractivity contribution in [2.24, 2.45) is 0 Å². The monoisotopic (exact) mass is 185 g/mol. The van der Waals surface area contributed by atoms with Gasteiger partial charge in [-0.05, 0) is 13.8 Å². The van der Waals surface area contributed by atoms with Crippen LogP contribution in [-0.2, 0) is 5.41 Å². The van der Waals surface area contributed by atoms with Crippen LogP contribution in [0.4, 0.5) is 4.39 Å². The van der Waals surface area contributed by atoms with Crippen LogP contribution < -0.4 is 0 Å². The minimum Gasteiger partial charge on any atom is -0.243 e. The molecule has 0 radical (unpaired) electrons. The highest BCUT2D eigenvalue weighted by molar-refractivity contribution is 5.10. The fourth-order valence-corrected chi connectivity index (χ4v) is 1.29. The van der Waals surface area contributed by atoms with Crippen LogP contribution in [0.25, 0.3) is 0 Å². The lowest BCUT2D eigenvalue weighted by Crippen LogP contribution is -2.21. The van der Waals surface area contributed by atoms with Gasteiger partial charge in [0.2, 0.25) is 0 Å². The maximum atomic E-state index is 13.3. The molecule has 0 bridgehead atoms. The Morgan fingerprint density at radius 3 is 2.15 bits per heavy atom. The van der Waals surface area contributed by atoms with Gasteiger partial charge in [-0.2, -0.15) is 4.39 Å². The first-order chi connectivity index (χ1) is 5.84. The van der Waals surface area contributed by atoms with E-state index in [4.69, 9.17) is 0 Å². The largest absolute Gasteiger partial charge is 0.256 e. The van der Waals surface area contributed by atoms with E-state index in [0.717, 1.165) is 0 Å². The van der Waals surface area contributed by atoms with E-state index in [0.29, 0.717) is 5.69 Å². The summed E-state index contributed by atoms with van der Waals surface area (Å²) in [5.74, 6) is -0.457. The van der Waals surface area contributed by atoms with Gasteiger partial charge >= 0.3 is 0 Å². The summed E-state index contributed by atoms with van der Waals surface area (Å²) in [5, 5.41) is 7.22. The molecule has 0 aromatic carbocycles. The molecule has 0 saturated carbocycles. The van der Waals surface area contributed by atoms with Gasteiger partial charge in [-0.15, -0.1) is 0 Å². The number of rotatable bonds is 1. The van der Waals surface area contributed by atoms with Crippen LogP contribution in [0.5, 0.6) is 0 Å². The molecule has 74 valence electrons. The Hall–Kier alpha value is -0.930. The van der Waals surface area contributed by atoms with E-state index in [1.165, 1.54) is 0 Å². The molecule has 0 aliphatic heterocycles. The summed E-state index contributed by atoms with van der Waals surface area (Å²) >= 11 is 0. The molecule has 0 saturated heterocycles. The molecular formula is C9H16FN3. The van der Waals surface area contributed by atoms with Crippen LogP contribution in [0, 0.1) is 5.95 Å². The molecule has 1 aromatic rings. The highest BCUT2D eigenvalue weighted by atomic mass is 19.1. The van der Waals surface area contributed by atoms with Gasteiger partial charge in [-0.3, -0.25) is 0 Å². The van der Waals surface area contributed by atoms with Crippen molar-refractivity contribution in [3.63, 3.8) is 0 Å². The van der Waals surface area contributed by atoms with E-state index in [1.807, 2.05) is 34.6 Å². The summed E-state index contributed by atoms with van der Waals surface area (Å²) in [7, 11) is 0. The third-order valence-corrected chi connectivity index (χ3v) is 1.85. The average molecular weight is 185 g/mol. The fourth-order valence-electron chi connectivity index (χ4n) is 1.29. The van der Waals surface area contributed by atoms with Gasteiger partial charge in [-0.25, -0.2) is 4.68 Å². The van der Waals surface area contributed by atoms with Gasteiger partial charge in [0.15, 0.2) is 0 Å². The highest BCUT2D eigenvalue weighted by Gasteiger charge is 2.26. The van der Waals surface area contributed by atoms with Gasteiger partial charge in [0.1, 0.15) is 5.69 Å². The van der Waals surface area contributed by atoms with E-state index in [2.05, 4.69) is 10.3 Å². The smallest absolute Gasteiger partial charge is 0.243 e. The molecule has 0 aliphatic carbocycles. The zero-order chi connectivity index (χ0) is 10.2. The van der Waals surface area contributed by atoms with E-state index >= 15 is 0 Å². The molecule has 0 amide bonds. The second-order valence-electron chi connectivity index (χ2n) is 4.52. The highest BCUT2D eigenvalue weighted by Crippen LogP contribution is 2.25. The van der Waals surface area contributed by atoms with Crippen molar-refractivity contribution in [3.05, 3.63) is 11.6 Å². The van der Waals surface area contributed by atoms with Crippen molar-refractivity contribution >= 4 is 0 Å². The zero-order valence-corrected chi connectivity index (χ0v) is 8.80. The lowest BCUT2D eigenvalue weighted by molar-refractivity contribution is 0.426. The van der Waals surface area contributed by atoms with Gasteiger partial charge < -0.3 is 0 Å². The maximum absolute atomic E-state index is 13.3. The Labute approximate surface area is 77.9 Å². The summed E-state index contributed by atoms with van der Waals surface area (Å²) in [4.78, 5) is 0. The third kappa shape index (κ3) is 1.87. The molecule has 1 aromatic heterocycles. The van der Waals surface area contributed by atoms with Gasteiger partial charge in [0.25, 0.3) is 5.95 Å². The molecule has 3 nitrogen and oxygen atoms in total. The molecule has 0 aliphatic rings. The Morgan fingerprint density at radius 2 is 1.85 bits per heavy atom. The van der Waals surface area contributed by atoms with E-state index in [-0.39, 0.29) is 11.5 Å². The van der Waals surface area contributed by atoms with Crippen molar-refractivity contribution in [2.45, 2.75) is 46.1 Å². The predicted octanol–water partition coefficient (Wildman–Crippen LogP) is 2.30. The molecule has 0 unspecified atom stereocenters. The Bertz CT molecular complexity index is 296. The molecule has 0 spiro atoms. The Balaban J connectivity index is 3.25. The molecule has 1 heterocycles. The number of hydrogen-bond donors (Lipinski definition) is 0. The van der Waals surface area contributed by atoms with Gasteiger partial charge in [-0.1, -0.05) is 31.1 Å². The summed E-state index contributed by atoms with van der Waals surface area (Å²) in [6, 6.07) is 0.145. The standard InChI is InChI=1S/C9H16FN3/c1-6(2)13-7(9(3,4)5)8(10)11-12-13/h6H,1-5H3. The fraction of sp³-hybridized carbons (Fsp3) is 0.778. The van der Waals surface area contributed by atoms with Crippen LogP contribution in [0.1, 0.15) is 46.4 Å². The normalized spacial score (nSPS) is 12.5. The second-order valence-corrected chi connectivity index (χ2v) is 4.52. The Kier molecular flexibility index (Phi) is 2.41. The first-order valence-electron chi connectivity index (χ1n) is 4.45. The maximum Gasteiger partial charge on any atom is 0.256 e. The first kappa shape index (κ1) is 10.2. The summed E-state index contributed by atoms with van der Waals surface area (Å²) in [5.41, 5.74) is 0.320. The van der Waals surface area contributed by atoms with Crippen molar-refractivity contribution in [3.8, 4) is 0 Å². The zero-order valence-electron chi connectivity index (χ0n) is 8.80. The van der Waals surface area contributed by atoms with E-state index in [9.17, 15) is 4.39 Å². The third-order valence-electron chi connectivity index (χ3n) is 1.85. The first-order valence-corrected chi connectivity index (χ1v) is 4.45. The van der Waals surface area contributed by atoms with Crippen molar-refractivity contribution in [1.82, 2.24) is 15.0 Å². The molecule has 13 heavy (non-hydrogen) atoms. The SMILES string of the molecule is CC(C)n1nnc(F)c1C(C)(C)C. The van der Waals surface area contributed by atoms with Crippen LogP contribution in [0.3, 0.4) is 0 Å². The molecular weight excluding hydrogens is 169 g/mol. The van der Waals surface area contributed by atoms with Crippen molar-refractivity contribution in [1.29, 1.82) is 0 Å². The molecule has 0 fully saturated rings. The summed E-state index contributed by atoms with van der Waals surface area (Å²) in [6.45, 7) is 9.78. The number of halogens is 1. The number of aromatic nitrogens is 3. The minimum atomic E-state index is -0.457. The van der Waals surface area contributed by atoms with E-state index in [1.54, 1.807) is 4.68 Å². The number of nitrogens with zero attached hydrogens (tertiary/aromatic N) is 3. The molecule has 4 heteroatoms. The topological polar surface area (TPSA) is 30.7 Å². The van der Waals surface area contributed by atoms with Crippen LogP contribution in [0.2, 0.25) is 0 Å².